The molecule has 3 aromatic rings. The SMILES string of the molecule is CCCN1C(=O)c2ccccc2Sc2cc(NC(=O)[C@@H]3CC(=O)N(c4ccc(C)cc4)C3)ccc21. The van der Waals surface area contributed by atoms with Crippen molar-refractivity contribution in [3.8, 4) is 0 Å². The van der Waals surface area contributed by atoms with E-state index in [-0.39, 0.29) is 24.1 Å². The van der Waals surface area contributed by atoms with Crippen molar-refractivity contribution in [2.75, 3.05) is 28.2 Å². The molecule has 0 aromatic heterocycles. The monoisotopic (exact) mass is 485 g/mol. The number of hydrogen-bond donors (Lipinski definition) is 1. The molecule has 2 aliphatic heterocycles. The Kier molecular flexibility index (Phi) is 6.34. The normalized spacial score (nSPS) is 17.1. The van der Waals surface area contributed by atoms with E-state index in [0.29, 0.717) is 24.3 Å². The maximum absolute atomic E-state index is 13.2. The summed E-state index contributed by atoms with van der Waals surface area (Å²) in [6, 6.07) is 21.0. The number of aryl methyl sites for hydroxylation is 1. The molecule has 0 saturated carbocycles. The molecule has 35 heavy (non-hydrogen) atoms. The zero-order valence-corrected chi connectivity index (χ0v) is 20.6. The van der Waals surface area contributed by atoms with E-state index in [1.165, 1.54) is 11.8 Å². The van der Waals surface area contributed by atoms with Crippen molar-refractivity contribution in [3.05, 3.63) is 77.9 Å². The Morgan fingerprint density at radius 3 is 2.57 bits per heavy atom. The van der Waals surface area contributed by atoms with Gasteiger partial charge in [-0.1, -0.05) is 48.5 Å². The smallest absolute Gasteiger partial charge is 0.259 e. The van der Waals surface area contributed by atoms with Crippen molar-refractivity contribution in [2.45, 2.75) is 36.5 Å². The van der Waals surface area contributed by atoms with Crippen LogP contribution in [0.3, 0.4) is 0 Å². The van der Waals surface area contributed by atoms with Crippen molar-refractivity contribution in [1.82, 2.24) is 0 Å². The van der Waals surface area contributed by atoms with Crippen LogP contribution in [0.5, 0.6) is 0 Å². The molecule has 0 radical (unpaired) electrons. The van der Waals surface area contributed by atoms with Gasteiger partial charge in [0.1, 0.15) is 0 Å². The zero-order valence-electron chi connectivity index (χ0n) is 19.8. The topological polar surface area (TPSA) is 69.7 Å². The predicted molar refractivity (Wildman–Crippen MR) is 139 cm³/mol. The summed E-state index contributed by atoms with van der Waals surface area (Å²) in [6.45, 7) is 5.03. The van der Waals surface area contributed by atoms with Crippen molar-refractivity contribution in [2.24, 2.45) is 5.92 Å². The molecule has 1 saturated heterocycles. The zero-order chi connectivity index (χ0) is 24.5. The molecule has 5 rings (SSSR count). The molecule has 3 amide bonds. The highest BCUT2D eigenvalue weighted by atomic mass is 32.2. The molecule has 178 valence electrons. The minimum atomic E-state index is -0.422. The van der Waals surface area contributed by atoms with Gasteiger partial charge in [0.05, 0.1) is 17.2 Å². The number of hydrogen-bond acceptors (Lipinski definition) is 4. The third-order valence-corrected chi connectivity index (χ3v) is 7.51. The Morgan fingerprint density at radius 1 is 1.03 bits per heavy atom. The van der Waals surface area contributed by atoms with Gasteiger partial charge >= 0.3 is 0 Å². The molecule has 1 N–H and O–H groups in total. The molecule has 1 atom stereocenters. The average Bonchev–Trinajstić information content (AvgIpc) is 3.20. The quantitative estimate of drug-likeness (QED) is 0.518. The van der Waals surface area contributed by atoms with Crippen LogP contribution in [0.1, 0.15) is 35.7 Å². The van der Waals surface area contributed by atoms with E-state index in [9.17, 15) is 14.4 Å². The molecule has 0 spiro atoms. The third kappa shape index (κ3) is 4.56. The van der Waals surface area contributed by atoms with E-state index in [1.807, 2.05) is 85.5 Å². The first-order valence-electron chi connectivity index (χ1n) is 11.9. The number of anilines is 3. The second kappa shape index (κ2) is 9.58. The summed E-state index contributed by atoms with van der Waals surface area (Å²) in [4.78, 5) is 44.2. The summed E-state index contributed by atoms with van der Waals surface area (Å²) in [5.74, 6) is -0.648. The van der Waals surface area contributed by atoms with Gasteiger partial charge in [-0.15, -0.1) is 0 Å². The highest BCUT2D eigenvalue weighted by molar-refractivity contribution is 7.99. The third-order valence-electron chi connectivity index (χ3n) is 6.39. The maximum atomic E-state index is 13.2. The molecule has 3 aromatic carbocycles. The minimum Gasteiger partial charge on any atom is -0.326 e. The molecule has 2 heterocycles. The van der Waals surface area contributed by atoms with Gasteiger partial charge in [0, 0.05) is 40.7 Å². The number of nitrogens with zero attached hydrogens (tertiary/aromatic N) is 2. The van der Waals surface area contributed by atoms with Gasteiger partial charge in [-0.2, -0.15) is 0 Å². The van der Waals surface area contributed by atoms with Crippen LogP contribution < -0.4 is 15.1 Å². The van der Waals surface area contributed by atoms with Crippen LogP contribution >= 0.6 is 11.8 Å². The van der Waals surface area contributed by atoms with Gasteiger partial charge in [0.25, 0.3) is 5.91 Å². The number of fused-ring (bicyclic) bond motifs is 2. The molecule has 0 bridgehead atoms. The lowest BCUT2D eigenvalue weighted by Gasteiger charge is -2.23. The van der Waals surface area contributed by atoms with Gasteiger partial charge in [-0.05, 0) is 55.8 Å². The predicted octanol–water partition coefficient (Wildman–Crippen LogP) is 5.51. The fraction of sp³-hybridized carbons (Fsp3) is 0.250. The Labute approximate surface area is 209 Å². The van der Waals surface area contributed by atoms with Gasteiger partial charge in [-0.25, -0.2) is 0 Å². The minimum absolute atomic E-state index is 0.00819. The summed E-state index contributed by atoms with van der Waals surface area (Å²) in [6.07, 6.45) is 1.02. The standard InChI is InChI=1S/C28H27N3O3S/c1-3-14-30-23-13-10-20(16-25(23)35-24-7-5-4-6-22(24)28(30)34)29-27(33)19-15-26(32)31(17-19)21-11-8-18(2)9-12-21/h4-13,16,19H,3,14-15,17H2,1-2H3,(H,29,33)/t19-/m1/s1. The van der Waals surface area contributed by atoms with Gasteiger partial charge in [0.15, 0.2) is 0 Å². The summed E-state index contributed by atoms with van der Waals surface area (Å²) >= 11 is 1.53. The van der Waals surface area contributed by atoms with Crippen LogP contribution in [0.15, 0.2) is 76.5 Å². The van der Waals surface area contributed by atoms with E-state index in [0.717, 1.165) is 33.2 Å². The van der Waals surface area contributed by atoms with Crippen LogP contribution in [0.4, 0.5) is 17.1 Å². The molecular weight excluding hydrogens is 458 g/mol. The van der Waals surface area contributed by atoms with Crippen LogP contribution in [0.2, 0.25) is 0 Å². The first-order chi connectivity index (χ1) is 16.9. The van der Waals surface area contributed by atoms with Crippen LogP contribution in [-0.4, -0.2) is 30.8 Å². The van der Waals surface area contributed by atoms with E-state index in [1.54, 1.807) is 4.90 Å². The molecule has 7 heteroatoms. The van der Waals surface area contributed by atoms with E-state index in [2.05, 4.69) is 5.32 Å². The fourth-order valence-electron chi connectivity index (χ4n) is 4.55. The summed E-state index contributed by atoms with van der Waals surface area (Å²) < 4.78 is 0. The second-order valence-corrected chi connectivity index (χ2v) is 10.1. The Balaban J connectivity index is 1.36. The Morgan fingerprint density at radius 2 is 1.80 bits per heavy atom. The lowest BCUT2D eigenvalue weighted by molar-refractivity contribution is -0.122. The van der Waals surface area contributed by atoms with Crippen LogP contribution in [0, 0.1) is 12.8 Å². The van der Waals surface area contributed by atoms with E-state index >= 15 is 0 Å². The van der Waals surface area contributed by atoms with E-state index < -0.39 is 5.92 Å². The number of rotatable bonds is 5. The molecule has 1 fully saturated rings. The van der Waals surface area contributed by atoms with Crippen molar-refractivity contribution in [1.29, 1.82) is 0 Å². The second-order valence-electron chi connectivity index (χ2n) is 8.97. The maximum Gasteiger partial charge on any atom is 0.259 e. The summed E-state index contributed by atoms with van der Waals surface area (Å²) in [5, 5.41) is 3.00. The highest BCUT2D eigenvalue weighted by Gasteiger charge is 2.35. The first kappa shape index (κ1) is 23.2. The molecule has 2 aliphatic rings. The van der Waals surface area contributed by atoms with E-state index in [4.69, 9.17) is 0 Å². The van der Waals surface area contributed by atoms with Crippen molar-refractivity contribution in [3.63, 3.8) is 0 Å². The molecule has 0 aliphatic carbocycles. The lowest BCUT2D eigenvalue weighted by Crippen LogP contribution is -2.31. The fourth-order valence-corrected chi connectivity index (χ4v) is 5.67. The average molecular weight is 486 g/mol. The number of carbonyl (C=O) groups excluding carboxylic acids is 3. The van der Waals surface area contributed by atoms with Gasteiger partial charge in [-0.3, -0.25) is 14.4 Å². The molecular formula is C28H27N3O3S. The number of benzene rings is 3. The Hall–Kier alpha value is -3.58. The molecule has 6 nitrogen and oxygen atoms in total. The van der Waals surface area contributed by atoms with Crippen molar-refractivity contribution >= 4 is 46.5 Å². The Bertz CT molecular complexity index is 1310. The number of amides is 3. The summed E-state index contributed by atoms with van der Waals surface area (Å²) in [7, 11) is 0. The number of carbonyl (C=O) groups is 3. The number of nitrogens with one attached hydrogen (secondary N) is 1. The van der Waals surface area contributed by atoms with Gasteiger partial charge in [0.2, 0.25) is 11.8 Å². The highest BCUT2D eigenvalue weighted by Crippen LogP contribution is 2.42. The van der Waals surface area contributed by atoms with Gasteiger partial charge < -0.3 is 15.1 Å². The molecule has 0 unspecified atom stereocenters. The summed E-state index contributed by atoms with van der Waals surface area (Å²) in [5.41, 5.74) is 4.13. The first-order valence-corrected chi connectivity index (χ1v) is 12.7. The lowest BCUT2D eigenvalue weighted by atomic mass is 10.1. The largest absolute Gasteiger partial charge is 0.326 e. The van der Waals surface area contributed by atoms with Crippen LogP contribution in [-0.2, 0) is 9.59 Å². The van der Waals surface area contributed by atoms with Crippen molar-refractivity contribution < 1.29 is 14.4 Å². The van der Waals surface area contributed by atoms with Crippen LogP contribution in [0.25, 0.3) is 0 Å².